The minimum absolute atomic E-state index is 0.0520. The standard InChI is InChI=1S/C25H35N3O5S/c1-7-19(3)26-25(30)20(4)27(16-21-9-8-10-23(15-21)33-5)24(29)17-28(34(6,31)32)22-13-11-18(2)12-14-22/h8-15,19-20H,7,16-17H2,1-6H3,(H,26,30)/t19-,20+/m0/s1. The van der Waals surface area contributed by atoms with Gasteiger partial charge in [-0.2, -0.15) is 0 Å². The van der Waals surface area contributed by atoms with E-state index >= 15 is 0 Å². The number of hydrogen-bond acceptors (Lipinski definition) is 5. The summed E-state index contributed by atoms with van der Waals surface area (Å²) >= 11 is 0. The number of sulfonamides is 1. The summed E-state index contributed by atoms with van der Waals surface area (Å²) in [6, 6.07) is 13.2. The van der Waals surface area contributed by atoms with Gasteiger partial charge in [0, 0.05) is 12.6 Å². The van der Waals surface area contributed by atoms with Crippen molar-refractivity contribution in [2.45, 2.75) is 52.7 Å². The number of carbonyl (C=O) groups is 2. The molecule has 2 rings (SSSR count). The number of nitrogens with zero attached hydrogens (tertiary/aromatic N) is 2. The van der Waals surface area contributed by atoms with Crippen molar-refractivity contribution in [1.82, 2.24) is 10.2 Å². The number of benzene rings is 2. The molecule has 8 nitrogen and oxygen atoms in total. The van der Waals surface area contributed by atoms with Crippen LogP contribution in [0.2, 0.25) is 0 Å². The molecule has 0 fully saturated rings. The molecule has 1 N–H and O–H groups in total. The molecule has 0 spiro atoms. The van der Waals surface area contributed by atoms with Crippen LogP contribution in [-0.2, 0) is 26.2 Å². The van der Waals surface area contributed by atoms with Crippen molar-refractivity contribution in [3.63, 3.8) is 0 Å². The van der Waals surface area contributed by atoms with Crippen molar-refractivity contribution in [2.75, 3.05) is 24.2 Å². The fourth-order valence-electron chi connectivity index (χ4n) is 3.34. The highest BCUT2D eigenvalue weighted by molar-refractivity contribution is 7.92. The van der Waals surface area contributed by atoms with Gasteiger partial charge >= 0.3 is 0 Å². The lowest BCUT2D eigenvalue weighted by molar-refractivity contribution is -0.139. The number of anilines is 1. The molecule has 0 aliphatic carbocycles. The third kappa shape index (κ3) is 7.48. The van der Waals surface area contributed by atoms with Crippen molar-refractivity contribution >= 4 is 27.5 Å². The number of methoxy groups -OCH3 is 1. The fraction of sp³-hybridized carbons (Fsp3) is 0.440. The lowest BCUT2D eigenvalue weighted by atomic mass is 10.1. The Morgan fingerprint density at radius 2 is 1.74 bits per heavy atom. The average Bonchev–Trinajstić information content (AvgIpc) is 2.80. The molecule has 0 saturated heterocycles. The van der Waals surface area contributed by atoms with Gasteiger partial charge in [-0.3, -0.25) is 13.9 Å². The first-order valence-electron chi connectivity index (χ1n) is 11.2. The highest BCUT2D eigenvalue weighted by atomic mass is 32.2. The number of carbonyl (C=O) groups excluding carboxylic acids is 2. The highest BCUT2D eigenvalue weighted by Crippen LogP contribution is 2.20. The second kappa shape index (κ2) is 11.9. The van der Waals surface area contributed by atoms with E-state index < -0.39 is 28.5 Å². The van der Waals surface area contributed by atoms with Crippen LogP contribution >= 0.6 is 0 Å². The van der Waals surface area contributed by atoms with Crippen LogP contribution in [0.3, 0.4) is 0 Å². The molecule has 186 valence electrons. The van der Waals surface area contributed by atoms with Crippen LogP contribution in [0.5, 0.6) is 5.75 Å². The predicted octanol–water partition coefficient (Wildman–Crippen LogP) is 3.10. The Morgan fingerprint density at radius 1 is 1.09 bits per heavy atom. The summed E-state index contributed by atoms with van der Waals surface area (Å²) < 4.78 is 31.5. The highest BCUT2D eigenvalue weighted by Gasteiger charge is 2.30. The van der Waals surface area contributed by atoms with Crippen LogP contribution in [-0.4, -0.2) is 57.1 Å². The number of rotatable bonds is 11. The van der Waals surface area contributed by atoms with Gasteiger partial charge in [0.1, 0.15) is 18.3 Å². The largest absolute Gasteiger partial charge is 0.497 e. The molecule has 0 aromatic heterocycles. The molecule has 0 unspecified atom stereocenters. The van der Waals surface area contributed by atoms with E-state index in [2.05, 4.69) is 5.32 Å². The molecule has 0 heterocycles. The van der Waals surface area contributed by atoms with Crippen molar-refractivity contribution in [3.05, 3.63) is 59.7 Å². The van der Waals surface area contributed by atoms with Gasteiger partial charge in [-0.15, -0.1) is 0 Å². The Kier molecular flexibility index (Phi) is 9.49. The number of aryl methyl sites for hydroxylation is 1. The van der Waals surface area contributed by atoms with Gasteiger partial charge in [0.2, 0.25) is 21.8 Å². The van der Waals surface area contributed by atoms with Crippen LogP contribution in [0, 0.1) is 6.92 Å². The molecule has 2 atom stereocenters. The van der Waals surface area contributed by atoms with E-state index in [0.717, 1.165) is 28.1 Å². The van der Waals surface area contributed by atoms with E-state index in [0.29, 0.717) is 11.4 Å². The maximum absolute atomic E-state index is 13.5. The Labute approximate surface area is 202 Å². The Hall–Kier alpha value is -3.07. The normalized spacial score (nSPS) is 13.0. The quantitative estimate of drug-likeness (QED) is 0.523. The summed E-state index contributed by atoms with van der Waals surface area (Å²) in [6.45, 7) is 7.09. The first-order chi connectivity index (χ1) is 16.0. The van der Waals surface area contributed by atoms with Crippen molar-refractivity contribution in [1.29, 1.82) is 0 Å². The SMILES string of the molecule is CC[C@H](C)NC(=O)[C@@H](C)N(Cc1cccc(OC)c1)C(=O)CN(c1ccc(C)cc1)S(C)(=O)=O. The monoisotopic (exact) mass is 489 g/mol. The third-order valence-electron chi connectivity index (χ3n) is 5.66. The molecule has 0 radical (unpaired) electrons. The van der Waals surface area contributed by atoms with Gasteiger partial charge in [-0.25, -0.2) is 8.42 Å². The second-order valence-electron chi connectivity index (χ2n) is 8.47. The molecular formula is C25H35N3O5S. The minimum atomic E-state index is -3.75. The van der Waals surface area contributed by atoms with Crippen molar-refractivity contribution in [2.24, 2.45) is 0 Å². The van der Waals surface area contributed by atoms with Crippen LogP contribution in [0.25, 0.3) is 0 Å². The van der Waals surface area contributed by atoms with Gasteiger partial charge < -0.3 is 15.0 Å². The van der Waals surface area contributed by atoms with Crippen LogP contribution in [0.15, 0.2) is 48.5 Å². The maximum Gasteiger partial charge on any atom is 0.244 e. The first-order valence-corrected chi connectivity index (χ1v) is 13.1. The summed E-state index contributed by atoms with van der Waals surface area (Å²) in [5.74, 6) is -0.161. The number of amides is 2. The van der Waals surface area contributed by atoms with E-state index in [-0.39, 0.29) is 18.5 Å². The molecule has 2 aromatic rings. The molecule has 2 aromatic carbocycles. The molecule has 0 aliphatic rings. The van der Waals surface area contributed by atoms with Crippen LogP contribution in [0.1, 0.15) is 38.3 Å². The molecular weight excluding hydrogens is 454 g/mol. The lowest BCUT2D eigenvalue weighted by Gasteiger charge is -2.32. The smallest absolute Gasteiger partial charge is 0.244 e. The molecule has 0 aliphatic heterocycles. The zero-order valence-corrected chi connectivity index (χ0v) is 21.6. The summed E-state index contributed by atoms with van der Waals surface area (Å²) in [5.41, 5.74) is 2.12. The Bertz CT molecular complexity index is 1090. The number of nitrogens with one attached hydrogen (secondary N) is 1. The minimum Gasteiger partial charge on any atom is -0.497 e. The molecule has 34 heavy (non-hydrogen) atoms. The van der Waals surface area contributed by atoms with E-state index in [4.69, 9.17) is 4.74 Å². The van der Waals surface area contributed by atoms with Gasteiger partial charge in [0.25, 0.3) is 0 Å². The summed E-state index contributed by atoms with van der Waals surface area (Å²) in [4.78, 5) is 27.8. The van der Waals surface area contributed by atoms with E-state index in [1.165, 1.54) is 4.90 Å². The summed E-state index contributed by atoms with van der Waals surface area (Å²) in [5, 5.41) is 2.91. The van der Waals surface area contributed by atoms with Crippen LogP contribution < -0.4 is 14.4 Å². The van der Waals surface area contributed by atoms with E-state index in [1.54, 1.807) is 56.5 Å². The predicted molar refractivity (Wildman–Crippen MR) is 134 cm³/mol. The van der Waals surface area contributed by atoms with Crippen molar-refractivity contribution < 1.29 is 22.7 Å². The van der Waals surface area contributed by atoms with Gasteiger partial charge in [0.05, 0.1) is 19.1 Å². The first kappa shape index (κ1) is 27.2. The summed E-state index contributed by atoms with van der Waals surface area (Å²) in [7, 11) is -2.20. The fourth-order valence-corrected chi connectivity index (χ4v) is 4.19. The molecule has 0 bridgehead atoms. The van der Waals surface area contributed by atoms with Gasteiger partial charge in [0.15, 0.2) is 0 Å². The second-order valence-corrected chi connectivity index (χ2v) is 10.4. The average molecular weight is 490 g/mol. The van der Waals surface area contributed by atoms with Crippen molar-refractivity contribution in [3.8, 4) is 5.75 Å². The van der Waals surface area contributed by atoms with E-state index in [1.807, 2.05) is 26.8 Å². The molecule has 0 saturated carbocycles. The number of hydrogen-bond donors (Lipinski definition) is 1. The Balaban J connectivity index is 2.39. The summed E-state index contributed by atoms with van der Waals surface area (Å²) in [6.07, 6.45) is 1.81. The lowest BCUT2D eigenvalue weighted by Crippen LogP contribution is -2.52. The molecule has 2 amide bonds. The Morgan fingerprint density at radius 3 is 2.29 bits per heavy atom. The zero-order chi connectivity index (χ0) is 25.5. The van der Waals surface area contributed by atoms with Crippen LogP contribution in [0.4, 0.5) is 5.69 Å². The molecule has 9 heteroatoms. The van der Waals surface area contributed by atoms with E-state index in [9.17, 15) is 18.0 Å². The maximum atomic E-state index is 13.5. The number of ether oxygens (including phenoxy) is 1. The zero-order valence-electron chi connectivity index (χ0n) is 20.7. The third-order valence-corrected chi connectivity index (χ3v) is 6.80. The van der Waals surface area contributed by atoms with Gasteiger partial charge in [-0.05, 0) is 57.0 Å². The topological polar surface area (TPSA) is 96.0 Å². The van der Waals surface area contributed by atoms with Gasteiger partial charge in [-0.1, -0.05) is 36.8 Å².